The summed E-state index contributed by atoms with van der Waals surface area (Å²) in [4.78, 5) is 29.6. The lowest BCUT2D eigenvalue weighted by Crippen LogP contribution is -2.54. The topological polar surface area (TPSA) is 52.7 Å². The normalized spacial score (nSPS) is 14.7. The highest BCUT2D eigenvalue weighted by Crippen LogP contribution is 2.26. The molecule has 0 radical (unpaired) electrons. The van der Waals surface area contributed by atoms with Gasteiger partial charge in [0.05, 0.1) is 5.69 Å². The van der Waals surface area contributed by atoms with Gasteiger partial charge >= 0.3 is 0 Å². The van der Waals surface area contributed by atoms with Crippen molar-refractivity contribution in [2.24, 2.45) is 5.41 Å². The molecule has 2 amide bonds. The van der Waals surface area contributed by atoms with E-state index in [0.29, 0.717) is 31.9 Å². The molecule has 0 bridgehead atoms. The summed E-state index contributed by atoms with van der Waals surface area (Å²) in [5, 5.41) is 2.91. The van der Waals surface area contributed by atoms with E-state index in [0.717, 1.165) is 16.8 Å². The molecule has 1 aliphatic heterocycles. The van der Waals surface area contributed by atoms with Gasteiger partial charge in [-0.3, -0.25) is 9.59 Å². The van der Waals surface area contributed by atoms with Crippen LogP contribution in [0.4, 0.5) is 15.8 Å². The molecule has 0 aliphatic carbocycles. The van der Waals surface area contributed by atoms with Gasteiger partial charge in [-0.05, 0) is 57.0 Å². The van der Waals surface area contributed by atoms with Crippen molar-refractivity contribution in [1.82, 2.24) is 4.90 Å². The summed E-state index contributed by atoms with van der Waals surface area (Å²) in [5.74, 6) is -0.804. The van der Waals surface area contributed by atoms with E-state index >= 15 is 0 Å². The standard InChI is InChI=1S/C23H28FN3O2/c1-16-8-7-10-19(17(16)2)25-21(28)23(3,4)22(29)27-14-12-26(13-15-27)20-11-6-5-9-18(20)24/h5-11H,12-15H2,1-4H3,(H,25,28). The fourth-order valence-corrected chi connectivity index (χ4v) is 3.52. The fraction of sp³-hybridized carbons (Fsp3) is 0.391. The van der Waals surface area contributed by atoms with Gasteiger partial charge in [0, 0.05) is 31.9 Å². The molecule has 0 saturated carbocycles. The van der Waals surface area contributed by atoms with Crippen LogP contribution in [0.15, 0.2) is 42.5 Å². The van der Waals surface area contributed by atoms with Gasteiger partial charge in [-0.2, -0.15) is 0 Å². The molecule has 0 aromatic heterocycles. The lowest BCUT2D eigenvalue weighted by Gasteiger charge is -2.39. The molecule has 1 aliphatic rings. The van der Waals surface area contributed by atoms with Crippen LogP contribution < -0.4 is 10.2 Å². The van der Waals surface area contributed by atoms with E-state index in [1.807, 2.05) is 36.9 Å². The van der Waals surface area contributed by atoms with Crippen LogP contribution in [-0.2, 0) is 9.59 Å². The van der Waals surface area contributed by atoms with Gasteiger partial charge < -0.3 is 15.1 Å². The van der Waals surface area contributed by atoms with Crippen LogP contribution >= 0.6 is 0 Å². The molecule has 5 nitrogen and oxygen atoms in total. The minimum atomic E-state index is -1.20. The number of amides is 2. The van der Waals surface area contributed by atoms with Crippen LogP contribution in [0.2, 0.25) is 0 Å². The molecule has 1 saturated heterocycles. The predicted molar refractivity (Wildman–Crippen MR) is 114 cm³/mol. The van der Waals surface area contributed by atoms with E-state index in [-0.39, 0.29) is 17.6 Å². The average molecular weight is 397 g/mol. The summed E-state index contributed by atoms with van der Waals surface area (Å²) < 4.78 is 14.0. The average Bonchev–Trinajstić information content (AvgIpc) is 2.71. The lowest BCUT2D eigenvalue weighted by atomic mass is 9.89. The van der Waals surface area contributed by atoms with E-state index in [2.05, 4.69) is 5.32 Å². The number of nitrogens with zero attached hydrogens (tertiary/aromatic N) is 2. The molecule has 6 heteroatoms. The van der Waals surface area contributed by atoms with Gasteiger partial charge in [0.15, 0.2) is 0 Å². The van der Waals surface area contributed by atoms with Gasteiger partial charge in [-0.1, -0.05) is 24.3 Å². The number of aryl methyl sites for hydroxylation is 1. The predicted octanol–water partition coefficient (Wildman–Crippen LogP) is 3.76. The van der Waals surface area contributed by atoms with Crippen molar-refractivity contribution in [3.63, 3.8) is 0 Å². The number of halogens is 1. The first-order chi connectivity index (χ1) is 13.7. The number of nitrogens with one attached hydrogen (secondary N) is 1. The number of benzene rings is 2. The minimum Gasteiger partial charge on any atom is -0.366 e. The Hall–Kier alpha value is -2.89. The Morgan fingerprint density at radius 2 is 1.62 bits per heavy atom. The third-order valence-electron chi connectivity index (χ3n) is 5.72. The lowest BCUT2D eigenvalue weighted by molar-refractivity contribution is -0.146. The van der Waals surface area contributed by atoms with Crippen molar-refractivity contribution in [2.75, 3.05) is 36.4 Å². The quantitative estimate of drug-likeness (QED) is 0.800. The molecule has 2 aromatic rings. The summed E-state index contributed by atoms with van der Waals surface area (Å²) in [7, 11) is 0. The Kier molecular flexibility index (Phi) is 5.91. The minimum absolute atomic E-state index is 0.214. The highest BCUT2D eigenvalue weighted by molar-refractivity contribution is 6.10. The Morgan fingerprint density at radius 3 is 2.28 bits per heavy atom. The zero-order valence-corrected chi connectivity index (χ0v) is 17.5. The maximum Gasteiger partial charge on any atom is 0.239 e. The zero-order valence-electron chi connectivity index (χ0n) is 17.5. The third kappa shape index (κ3) is 4.26. The molecule has 0 unspecified atom stereocenters. The van der Waals surface area contributed by atoms with E-state index in [1.54, 1.807) is 36.9 Å². The van der Waals surface area contributed by atoms with E-state index in [4.69, 9.17) is 0 Å². The van der Waals surface area contributed by atoms with Crippen LogP contribution in [0.5, 0.6) is 0 Å². The fourth-order valence-electron chi connectivity index (χ4n) is 3.52. The number of hydrogen-bond acceptors (Lipinski definition) is 3. The van der Waals surface area contributed by atoms with E-state index < -0.39 is 5.41 Å². The molecule has 3 rings (SSSR count). The molecule has 1 fully saturated rings. The second-order valence-electron chi connectivity index (χ2n) is 8.06. The first-order valence-electron chi connectivity index (χ1n) is 9.88. The monoisotopic (exact) mass is 397 g/mol. The Balaban J connectivity index is 1.65. The summed E-state index contributed by atoms with van der Waals surface area (Å²) in [6, 6.07) is 12.4. The highest BCUT2D eigenvalue weighted by Gasteiger charge is 2.40. The molecule has 154 valence electrons. The molecule has 1 N–H and O–H groups in total. The van der Waals surface area contributed by atoms with Crippen molar-refractivity contribution in [2.45, 2.75) is 27.7 Å². The SMILES string of the molecule is Cc1cccc(NC(=O)C(C)(C)C(=O)N2CCN(c3ccccc3F)CC2)c1C. The van der Waals surface area contributed by atoms with E-state index in [1.165, 1.54) is 6.07 Å². The van der Waals surface area contributed by atoms with Gasteiger partial charge in [-0.25, -0.2) is 4.39 Å². The second-order valence-corrected chi connectivity index (χ2v) is 8.06. The number of carbonyl (C=O) groups excluding carboxylic acids is 2. The van der Waals surface area contributed by atoms with Crippen molar-refractivity contribution in [3.8, 4) is 0 Å². The molecule has 0 atom stereocenters. The number of rotatable bonds is 4. The number of piperazine rings is 1. The molecule has 29 heavy (non-hydrogen) atoms. The maximum atomic E-state index is 14.0. The first kappa shape index (κ1) is 20.8. The van der Waals surface area contributed by atoms with Crippen molar-refractivity contribution < 1.29 is 14.0 Å². The number of para-hydroxylation sites is 1. The summed E-state index contributed by atoms with van der Waals surface area (Å²) in [6.45, 7) is 9.19. The Morgan fingerprint density at radius 1 is 0.966 bits per heavy atom. The first-order valence-corrected chi connectivity index (χ1v) is 9.88. The maximum absolute atomic E-state index is 14.0. The van der Waals surface area contributed by atoms with Crippen LogP contribution in [0.3, 0.4) is 0 Å². The summed E-state index contributed by atoms with van der Waals surface area (Å²) >= 11 is 0. The molecule has 0 spiro atoms. The number of hydrogen-bond donors (Lipinski definition) is 1. The second kappa shape index (κ2) is 8.23. The Bertz CT molecular complexity index is 918. The highest BCUT2D eigenvalue weighted by atomic mass is 19.1. The largest absolute Gasteiger partial charge is 0.366 e. The van der Waals surface area contributed by atoms with Crippen LogP contribution in [0.1, 0.15) is 25.0 Å². The van der Waals surface area contributed by atoms with E-state index in [9.17, 15) is 14.0 Å². The zero-order chi connectivity index (χ0) is 21.2. The van der Waals surface area contributed by atoms with Gasteiger partial charge in [0.25, 0.3) is 0 Å². The van der Waals surface area contributed by atoms with Gasteiger partial charge in [-0.15, -0.1) is 0 Å². The number of carbonyl (C=O) groups is 2. The third-order valence-corrected chi connectivity index (χ3v) is 5.72. The molecular formula is C23H28FN3O2. The van der Waals surface area contributed by atoms with Crippen molar-refractivity contribution in [3.05, 3.63) is 59.4 Å². The summed E-state index contributed by atoms with van der Waals surface area (Å²) in [6.07, 6.45) is 0. The smallest absolute Gasteiger partial charge is 0.239 e. The van der Waals surface area contributed by atoms with Gasteiger partial charge in [0.2, 0.25) is 11.8 Å². The Labute approximate surface area is 171 Å². The van der Waals surface area contributed by atoms with Crippen molar-refractivity contribution >= 4 is 23.2 Å². The molecule has 2 aromatic carbocycles. The van der Waals surface area contributed by atoms with Crippen LogP contribution in [0.25, 0.3) is 0 Å². The van der Waals surface area contributed by atoms with Crippen LogP contribution in [0, 0.1) is 25.1 Å². The molecular weight excluding hydrogens is 369 g/mol. The summed E-state index contributed by atoms with van der Waals surface area (Å²) in [5.41, 5.74) is 2.14. The van der Waals surface area contributed by atoms with Crippen LogP contribution in [-0.4, -0.2) is 42.9 Å². The van der Waals surface area contributed by atoms with Crippen molar-refractivity contribution in [1.29, 1.82) is 0 Å². The molecule has 1 heterocycles. The number of anilines is 2. The van der Waals surface area contributed by atoms with Gasteiger partial charge in [0.1, 0.15) is 11.2 Å².